The van der Waals surface area contributed by atoms with E-state index in [0.717, 1.165) is 0 Å². The van der Waals surface area contributed by atoms with Crippen LogP contribution in [-0.4, -0.2) is 46.7 Å². The minimum atomic E-state index is -3.74. The number of aromatic amines is 1. The van der Waals surface area contributed by atoms with Gasteiger partial charge in [0.25, 0.3) is 5.56 Å². The van der Waals surface area contributed by atoms with E-state index in [2.05, 4.69) is 4.98 Å². The molecule has 0 aromatic carbocycles. The number of hydrogen-bond acceptors (Lipinski definition) is 8. The molecule has 1 aromatic rings. The first-order valence-electron chi connectivity index (χ1n) is 8.05. The molecule has 5 atom stereocenters. The number of phosphoric acid groups is 1. The van der Waals surface area contributed by atoms with E-state index in [1.54, 1.807) is 13.8 Å². The van der Waals surface area contributed by atoms with Crippen molar-refractivity contribution in [3.8, 4) is 0 Å². The van der Waals surface area contributed by atoms with E-state index in [0.29, 0.717) is 13.0 Å². The molecule has 3 aliphatic heterocycles. The maximum atomic E-state index is 12.7. The average molecular weight is 374 g/mol. The minimum absolute atomic E-state index is 0.00558. The van der Waals surface area contributed by atoms with E-state index in [4.69, 9.17) is 23.0 Å². The van der Waals surface area contributed by atoms with Gasteiger partial charge < -0.3 is 9.47 Å². The third-order valence-corrected chi connectivity index (χ3v) is 6.12. The van der Waals surface area contributed by atoms with Crippen LogP contribution in [0.2, 0.25) is 0 Å². The van der Waals surface area contributed by atoms with Gasteiger partial charge in [-0.15, -0.1) is 0 Å². The van der Waals surface area contributed by atoms with Gasteiger partial charge in [0, 0.05) is 18.7 Å². The van der Waals surface area contributed by atoms with Gasteiger partial charge in [0.2, 0.25) is 0 Å². The lowest BCUT2D eigenvalue weighted by Gasteiger charge is -2.46. The summed E-state index contributed by atoms with van der Waals surface area (Å²) in [6, 6.07) is 1.23. The molecule has 3 aliphatic rings. The number of fused-ring (bicyclic) bond motifs is 2. The molecule has 0 bridgehead atoms. The van der Waals surface area contributed by atoms with E-state index in [1.807, 2.05) is 0 Å². The topological polar surface area (TPSA) is 118 Å². The van der Waals surface area contributed by atoms with E-state index >= 15 is 0 Å². The fraction of sp³-hybridized carbons (Fsp3) is 0.714. The Balaban J connectivity index is 1.68. The first kappa shape index (κ1) is 17.1. The second-order valence-corrected chi connectivity index (χ2v) is 8.10. The van der Waals surface area contributed by atoms with Crippen molar-refractivity contribution in [3.63, 3.8) is 0 Å². The first-order valence-corrected chi connectivity index (χ1v) is 9.51. The summed E-state index contributed by atoms with van der Waals surface area (Å²) < 4.78 is 41.8. The summed E-state index contributed by atoms with van der Waals surface area (Å²) in [5, 5.41) is 0. The molecule has 0 radical (unpaired) electrons. The van der Waals surface area contributed by atoms with Gasteiger partial charge in [0.15, 0.2) is 6.23 Å². The highest BCUT2D eigenvalue weighted by molar-refractivity contribution is 7.48. The van der Waals surface area contributed by atoms with Crippen molar-refractivity contribution in [2.45, 2.75) is 50.4 Å². The Hall–Kier alpha value is -1.29. The third kappa shape index (κ3) is 2.73. The number of rotatable bonds is 3. The van der Waals surface area contributed by atoms with Crippen LogP contribution in [0.5, 0.6) is 0 Å². The van der Waals surface area contributed by atoms with Gasteiger partial charge >= 0.3 is 13.5 Å². The van der Waals surface area contributed by atoms with Crippen LogP contribution >= 0.6 is 7.82 Å². The monoisotopic (exact) mass is 374 g/mol. The van der Waals surface area contributed by atoms with Gasteiger partial charge in [-0.25, -0.2) is 9.36 Å². The summed E-state index contributed by atoms with van der Waals surface area (Å²) in [5.74, 6) is 0. The first-order chi connectivity index (χ1) is 11.8. The standard InChI is InChI=1S/C14H19N2O8P/c1-8(2)23-25(19)21-7-9-11(24-25)14(4-6-20-14)12(22-9)16-5-3-10(17)15-13(16)18/h3,5,8-9,11-12H,4,6-7H2,1-2H3,(H,15,17,18)/t9-,11-,12?,14-,25-/m1/s1. The zero-order chi connectivity index (χ0) is 17.8. The van der Waals surface area contributed by atoms with E-state index in [1.165, 1.54) is 16.8 Å². The van der Waals surface area contributed by atoms with E-state index in [-0.39, 0.29) is 12.7 Å². The molecule has 1 spiro atoms. The smallest absolute Gasteiger partial charge is 0.367 e. The molecule has 1 N–H and O–H groups in total. The van der Waals surface area contributed by atoms with Crippen molar-refractivity contribution >= 4 is 7.82 Å². The average Bonchev–Trinajstić information content (AvgIpc) is 2.79. The maximum Gasteiger partial charge on any atom is 0.475 e. The Bertz CT molecular complexity index is 829. The number of nitrogens with zero attached hydrogens (tertiary/aromatic N) is 1. The van der Waals surface area contributed by atoms with E-state index < -0.39 is 43.1 Å². The molecule has 4 rings (SSSR count). The van der Waals surface area contributed by atoms with Gasteiger partial charge in [-0.3, -0.25) is 27.9 Å². The zero-order valence-corrected chi connectivity index (χ0v) is 14.6. The summed E-state index contributed by atoms with van der Waals surface area (Å²) in [4.78, 5) is 25.6. The van der Waals surface area contributed by atoms with Crippen molar-refractivity contribution in [1.82, 2.24) is 9.55 Å². The highest BCUT2D eigenvalue weighted by Gasteiger charge is 2.66. The molecule has 25 heavy (non-hydrogen) atoms. The second-order valence-electron chi connectivity index (χ2n) is 6.52. The van der Waals surface area contributed by atoms with Crippen molar-refractivity contribution in [2.24, 2.45) is 0 Å². The predicted octanol–water partition coefficient (Wildman–Crippen LogP) is 0.542. The van der Waals surface area contributed by atoms with Crippen LogP contribution in [0.4, 0.5) is 0 Å². The van der Waals surface area contributed by atoms with Crippen LogP contribution in [0.15, 0.2) is 21.9 Å². The molecule has 3 fully saturated rings. The van der Waals surface area contributed by atoms with Crippen LogP contribution in [0.25, 0.3) is 0 Å². The second kappa shape index (κ2) is 5.87. The Kier molecular flexibility index (Phi) is 4.02. The number of H-pyrrole nitrogens is 1. The molecule has 11 heteroatoms. The lowest BCUT2D eigenvalue weighted by Crippen LogP contribution is -2.59. The number of phosphoric ester groups is 1. The number of hydrogen-bond donors (Lipinski definition) is 1. The normalized spacial score (nSPS) is 40.2. The zero-order valence-electron chi connectivity index (χ0n) is 13.7. The molecule has 4 heterocycles. The quantitative estimate of drug-likeness (QED) is 0.762. The minimum Gasteiger partial charge on any atom is -0.367 e. The molecule has 0 amide bonds. The molecular weight excluding hydrogens is 355 g/mol. The highest BCUT2D eigenvalue weighted by atomic mass is 31.2. The molecule has 10 nitrogen and oxygen atoms in total. The van der Waals surface area contributed by atoms with Crippen molar-refractivity contribution in [1.29, 1.82) is 0 Å². The van der Waals surface area contributed by atoms with Crippen molar-refractivity contribution in [2.75, 3.05) is 13.2 Å². The molecule has 1 unspecified atom stereocenters. The van der Waals surface area contributed by atoms with Crippen molar-refractivity contribution in [3.05, 3.63) is 33.1 Å². The largest absolute Gasteiger partial charge is 0.475 e. The van der Waals surface area contributed by atoms with Crippen LogP contribution in [-0.2, 0) is 27.6 Å². The van der Waals surface area contributed by atoms with Crippen LogP contribution < -0.4 is 11.2 Å². The van der Waals surface area contributed by atoms with Gasteiger partial charge in [0.1, 0.15) is 17.8 Å². The summed E-state index contributed by atoms with van der Waals surface area (Å²) >= 11 is 0. The van der Waals surface area contributed by atoms with Gasteiger partial charge in [-0.1, -0.05) is 0 Å². The lowest BCUT2D eigenvalue weighted by atomic mass is 9.86. The lowest BCUT2D eigenvalue weighted by molar-refractivity contribution is -0.225. The summed E-state index contributed by atoms with van der Waals surface area (Å²) in [6.07, 6.45) is -0.551. The number of ether oxygens (including phenoxy) is 2. The number of aromatic nitrogens is 2. The van der Waals surface area contributed by atoms with Crippen LogP contribution in [0, 0.1) is 0 Å². The molecule has 0 aliphatic carbocycles. The molecule has 0 saturated carbocycles. The third-order valence-electron chi connectivity index (χ3n) is 4.49. The van der Waals surface area contributed by atoms with Crippen LogP contribution in [0.3, 0.4) is 0 Å². The van der Waals surface area contributed by atoms with E-state index in [9.17, 15) is 14.2 Å². The maximum absolute atomic E-state index is 12.7. The van der Waals surface area contributed by atoms with Crippen molar-refractivity contribution < 1.29 is 27.6 Å². The fourth-order valence-electron chi connectivity index (χ4n) is 3.41. The molecule has 3 saturated heterocycles. The van der Waals surface area contributed by atoms with Gasteiger partial charge in [0.05, 0.1) is 19.3 Å². The molecule has 138 valence electrons. The van der Waals surface area contributed by atoms with Gasteiger partial charge in [-0.05, 0) is 13.8 Å². The Labute approximate surface area is 142 Å². The molecular formula is C14H19N2O8P. The summed E-state index contributed by atoms with van der Waals surface area (Å²) in [5.41, 5.74) is -2.10. The molecule has 1 aromatic heterocycles. The summed E-state index contributed by atoms with van der Waals surface area (Å²) in [7, 11) is -3.74. The fourth-order valence-corrected chi connectivity index (χ4v) is 5.02. The Morgan fingerprint density at radius 2 is 2.20 bits per heavy atom. The summed E-state index contributed by atoms with van der Waals surface area (Å²) in [6.45, 7) is 3.90. The number of nitrogens with one attached hydrogen (secondary N) is 1. The van der Waals surface area contributed by atoms with Gasteiger partial charge in [-0.2, -0.15) is 0 Å². The van der Waals surface area contributed by atoms with Crippen LogP contribution in [0.1, 0.15) is 26.5 Å². The predicted molar refractivity (Wildman–Crippen MR) is 83.2 cm³/mol. The Morgan fingerprint density at radius 3 is 2.80 bits per heavy atom. The highest BCUT2D eigenvalue weighted by Crippen LogP contribution is 2.61. The Morgan fingerprint density at radius 1 is 1.44 bits per heavy atom. The SMILES string of the molecule is CC(C)O[P@@]1(=O)OC[C@H]2OC(n3ccc(=O)[nH]c3=O)[C@@]3(CCO3)[C@@H]2O1.